The first-order valence-electron chi connectivity index (χ1n) is 8.08. The van der Waals surface area contributed by atoms with Gasteiger partial charge in [0.25, 0.3) is 0 Å². The summed E-state index contributed by atoms with van der Waals surface area (Å²) >= 11 is 0. The van der Waals surface area contributed by atoms with Crippen LogP contribution in [0.3, 0.4) is 0 Å². The Bertz CT molecular complexity index is 940. The molecular formula is C21H16FNO. The molecule has 3 heteroatoms. The number of aromatic nitrogens is 1. The number of hydrogen-bond acceptors (Lipinski definition) is 2. The van der Waals surface area contributed by atoms with Crippen LogP contribution in [-0.2, 0) is 4.79 Å². The molecule has 1 fully saturated rings. The molecule has 0 amide bonds. The van der Waals surface area contributed by atoms with E-state index in [-0.39, 0.29) is 5.82 Å². The van der Waals surface area contributed by atoms with E-state index in [1.165, 1.54) is 18.2 Å². The summed E-state index contributed by atoms with van der Waals surface area (Å²) < 4.78 is 13.4. The zero-order valence-corrected chi connectivity index (χ0v) is 13.1. The second-order valence-corrected chi connectivity index (χ2v) is 6.08. The third-order valence-electron chi connectivity index (χ3n) is 4.40. The van der Waals surface area contributed by atoms with Crippen LogP contribution in [0, 0.1) is 5.82 Å². The van der Waals surface area contributed by atoms with E-state index in [0.29, 0.717) is 5.92 Å². The van der Waals surface area contributed by atoms with Crippen LogP contribution in [0.4, 0.5) is 4.39 Å². The van der Waals surface area contributed by atoms with E-state index in [1.54, 1.807) is 12.1 Å². The van der Waals surface area contributed by atoms with Crippen LogP contribution >= 0.6 is 0 Å². The van der Waals surface area contributed by atoms with Crippen molar-refractivity contribution < 1.29 is 9.18 Å². The van der Waals surface area contributed by atoms with Crippen molar-refractivity contribution in [2.24, 2.45) is 0 Å². The largest absolute Gasteiger partial charge is 0.299 e. The first-order valence-corrected chi connectivity index (χ1v) is 8.08. The number of rotatable bonds is 4. The number of hydrogen-bond donors (Lipinski definition) is 0. The maximum Gasteiger partial charge on any atom is 0.142 e. The highest BCUT2D eigenvalue weighted by Crippen LogP contribution is 2.45. The van der Waals surface area contributed by atoms with Gasteiger partial charge in [-0.05, 0) is 48.8 Å². The van der Waals surface area contributed by atoms with Gasteiger partial charge < -0.3 is 0 Å². The number of pyridine rings is 1. The van der Waals surface area contributed by atoms with E-state index in [0.717, 1.165) is 52.4 Å². The topological polar surface area (TPSA) is 30.0 Å². The molecule has 2 nitrogen and oxygen atoms in total. The highest BCUT2D eigenvalue weighted by atomic mass is 19.1. The minimum Gasteiger partial charge on any atom is -0.299 e. The average molecular weight is 317 g/mol. The zero-order valence-electron chi connectivity index (χ0n) is 13.1. The summed E-state index contributed by atoms with van der Waals surface area (Å²) in [7, 11) is 0. The van der Waals surface area contributed by atoms with E-state index in [2.05, 4.69) is 0 Å². The Hall–Kier alpha value is -2.81. The molecule has 1 aromatic heterocycles. The van der Waals surface area contributed by atoms with Crippen LogP contribution in [0.15, 0.2) is 54.6 Å². The number of carbonyl (C=O) groups is 1. The van der Waals surface area contributed by atoms with E-state index in [4.69, 9.17) is 4.98 Å². The van der Waals surface area contributed by atoms with Gasteiger partial charge in [0, 0.05) is 22.4 Å². The molecule has 1 heterocycles. The molecule has 4 rings (SSSR count). The van der Waals surface area contributed by atoms with Gasteiger partial charge in [0.15, 0.2) is 0 Å². The molecule has 0 radical (unpaired) electrons. The Morgan fingerprint density at radius 1 is 1.04 bits per heavy atom. The number of para-hydroxylation sites is 1. The van der Waals surface area contributed by atoms with Crippen molar-refractivity contribution >= 4 is 23.3 Å². The molecule has 1 aliphatic rings. The summed E-state index contributed by atoms with van der Waals surface area (Å²) in [6.45, 7) is 0. The quantitative estimate of drug-likeness (QED) is 0.493. The lowest BCUT2D eigenvalue weighted by Gasteiger charge is -2.15. The van der Waals surface area contributed by atoms with Crippen LogP contribution < -0.4 is 0 Å². The smallest absolute Gasteiger partial charge is 0.142 e. The lowest BCUT2D eigenvalue weighted by molar-refractivity contribution is -0.104. The van der Waals surface area contributed by atoms with E-state index in [1.807, 2.05) is 30.3 Å². The number of carbonyl (C=O) groups excluding carboxylic acids is 1. The lowest BCUT2D eigenvalue weighted by Crippen LogP contribution is -1.98. The zero-order chi connectivity index (χ0) is 16.5. The Morgan fingerprint density at radius 3 is 2.50 bits per heavy atom. The van der Waals surface area contributed by atoms with E-state index < -0.39 is 0 Å². The number of aldehydes is 1. The van der Waals surface area contributed by atoms with Crippen LogP contribution in [0.5, 0.6) is 0 Å². The second kappa shape index (κ2) is 6.00. The Kier molecular flexibility index (Phi) is 3.69. The minimum atomic E-state index is -0.260. The van der Waals surface area contributed by atoms with Crippen molar-refractivity contribution in [1.82, 2.24) is 4.98 Å². The van der Waals surface area contributed by atoms with Crippen molar-refractivity contribution in [2.45, 2.75) is 18.8 Å². The molecule has 2 aromatic carbocycles. The molecule has 3 aromatic rings. The third-order valence-corrected chi connectivity index (χ3v) is 4.40. The normalized spacial score (nSPS) is 14.4. The molecule has 0 atom stereocenters. The summed E-state index contributed by atoms with van der Waals surface area (Å²) in [5.41, 5.74) is 4.88. The molecule has 0 aliphatic heterocycles. The SMILES string of the molecule is O=CC=Cc1c(C2CC2)nc2ccccc2c1-c1ccc(F)cc1. The van der Waals surface area contributed by atoms with Gasteiger partial charge in [-0.2, -0.15) is 0 Å². The summed E-state index contributed by atoms with van der Waals surface area (Å²) in [6, 6.07) is 14.5. The molecular weight excluding hydrogens is 301 g/mol. The predicted octanol–water partition coefficient (Wildman–Crippen LogP) is 5.13. The fourth-order valence-corrected chi connectivity index (χ4v) is 3.15. The fraction of sp³-hybridized carbons (Fsp3) is 0.143. The molecule has 0 spiro atoms. The molecule has 0 saturated heterocycles. The maximum absolute atomic E-state index is 13.4. The van der Waals surface area contributed by atoms with Crippen LogP contribution in [-0.4, -0.2) is 11.3 Å². The number of halogens is 1. The monoisotopic (exact) mass is 317 g/mol. The predicted molar refractivity (Wildman–Crippen MR) is 94.2 cm³/mol. The summed E-state index contributed by atoms with van der Waals surface area (Å²) in [5, 5.41) is 1.01. The van der Waals surface area contributed by atoms with Gasteiger partial charge in [0.1, 0.15) is 12.1 Å². The highest BCUT2D eigenvalue weighted by Gasteiger charge is 2.29. The molecule has 0 bridgehead atoms. The minimum absolute atomic E-state index is 0.260. The van der Waals surface area contributed by atoms with Gasteiger partial charge in [0.2, 0.25) is 0 Å². The molecule has 24 heavy (non-hydrogen) atoms. The van der Waals surface area contributed by atoms with Gasteiger partial charge >= 0.3 is 0 Å². The first kappa shape index (κ1) is 14.8. The van der Waals surface area contributed by atoms with Gasteiger partial charge in [-0.3, -0.25) is 9.78 Å². The fourth-order valence-electron chi connectivity index (χ4n) is 3.15. The van der Waals surface area contributed by atoms with Crippen molar-refractivity contribution in [3.63, 3.8) is 0 Å². The highest BCUT2D eigenvalue weighted by molar-refractivity contribution is 6.00. The molecule has 0 unspecified atom stereocenters. The maximum atomic E-state index is 13.4. The van der Waals surface area contributed by atoms with Crippen LogP contribution in [0.2, 0.25) is 0 Å². The average Bonchev–Trinajstić information content (AvgIpc) is 3.44. The van der Waals surface area contributed by atoms with Gasteiger partial charge in [-0.25, -0.2) is 4.39 Å². The van der Waals surface area contributed by atoms with Crippen molar-refractivity contribution in [1.29, 1.82) is 0 Å². The number of allylic oxidation sites excluding steroid dienone is 1. The molecule has 1 aliphatic carbocycles. The standard InChI is InChI=1S/C21H16FNO/c22-16-11-9-14(10-12-16)20-17-4-1-2-6-19(17)23-21(15-7-8-15)18(20)5-3-13-24/h1-6,9-13,15H,7-8H2. The first-order chi connectivity index (χ1) is 11.8. The Morgan fingerprint density at radius 2 is 1.79 bits per heavy atom. The summed E-state index contributed by atoms with van der Waals surface area (Å²) in [6.07, 6.45) is 6.36. The van der Waals surface area contributed by atoms with E-state index >= 15 is 0 Å². The van der Waals surface area contributed by atoms with Crippen LogP contribution in [0.25, 0.3) is 28.1 Å². The van der Waals surface area contributed by atoms with Crippen molar-refractivity contribution in [3.8, 4) is 11.1 Å². The molecule has 118 valence electrons. The van der Waals surface area contributed by atoms with E-state index in [9.17, 15) is 9.18 Å². The summed E-state index contributed by atoms with van der Waals surface area (Å²) in [4.78, 5) is 15.7. The lowest BCUT2D eigenvalue weighted by atomic mass is 9.92. The second-order valence-electron chi connectivity index (χ2n) is 6.08. The van der Waals surface area contributed by atoms with Crippen molar-refractivity contribution in [3.05, 3.63) is 71.7 Å². The third kappa shape index (κ3) is 2.62. The van der Waals surface area contributed by atoms with Gasteiger partial charge in [-0.15, -0.1) is 0 Å². The van der Waals surface area contributed by atoms with Gasteiger partial charge in [-0.1, -0.05) is 30.3 Å². The Balaban J connectivity index is 2.08. The van der Waals surface area contributed by atoms with Crippen LogP contribution in [0.1, 0.15) is 30.0 Å². The molecule has 0 N–H and O–H groups in total. The Labute approximate surface area is 139 Å². The molecule has 1 saturated carbocycles. The number of benzene rings is 2. The van der Waals surface area contributed by atoms with Gasteiger partial charge in [0.05, 0.1) is 11.2 Å². The summed E-state index contributed by atoms with van der Waals surface area (Å²) in [5.74, 6) is 0.185. The van der Waals surface area contributed by atoms with Crippen molar-refractivity contribution in [2.75, 3.05) is 0 Å². The number of fused-ring (bicyclic) bond motifs is 1. The number of nitrogens with zero attached hydrogens (tertiary/aromatic N) is 1.